The smallest absolute Gasteiger partial charge is 0.261 e. The van der Waals surface area contributed by atoms with Gasteiger partial charge in [0, 0.05) is 4.47 Å². The zero-order chi connectivity index (χ0) is 15.0. The van der Waals surface area contributed by atoms with Crippen LogP contribution < -0.4 is 5.56 Å². The van der Waals surface area contributed by atoms with Crippen LogP contribution in [0.2, 0.25) is 0 Å². The lowest BCUT2D eigenvalue weighted by Gasteiger charge is -2.15. The molecule has 0 amide bonds. The van der Waals surface area contributed by atoms with Gasteiger partial charge in [0.15, 0.2) is 0 Å². The van der Waals surface area contributed by atoms with Gasteiger partial charge in [-0.15, -0.1) is 0 Å². The Labute approximate surface area is 129 Å². The van der Waals surface area contributed by atoms with E-state index >= 15 is 0 Å². The van der Waals surface area contributed by atoms with E-state index < -0.39 is 0 Å². The monoisotopic (exact) mass is 346 g/mol. The van der Waals surface area contributed by atoms with Gasteiger partial charge in [0.05, 0.1) is 23.3 Å². The van der Waals surface area contributed by atoms with E-state index in [1.807, 2.05) is 13.0 Å². The van der Waals surface area contributed by atoms with Crippen LogP contribution in [0.15, 0.2) is 58.1 Å². The van der Waals surface area contributed by atoms with Crippen LogP contribution in [0.1, 0.15) is 18.5 Å². The molecule has 2 aromatic carbocycles. The summed E-state index contributed by atoms with van der Waals surface area (Å²) < 4.78 is 15.7. The van der Waals surface area contributed by atoms with Gasteiger partial charge in [-0.3, -0.25) is 9.36 Å². The highest BCUT2D eigenvalue weighted by Gasteiger charge is 2.12. The Morgan fingerprint density at radius 1 is 1.24 bits per heavy atom. The van der Waals surface area contributed by atoms with Crippen LogP contribution in [0.3, 0.4) is 0 Å². The summed E-state index contributed by atoms with van der Waals surface area (Å²) in [6.45, 7) is 1.85. The standard InChI is InChI=1S/C16H12BrFN2O/c1-10(11-3-2-4-13(18)7-11)20-9-19-15-8-12(17)5-6-14(15)16(20)21/h2-10H,1H3. The van der Waals surface area contributed by atoms with Gasteiger partial charge >= 0.3 is 0 Å². The summed E-state index contributed by atoms with van der Waals surface area (Å²) in [4.78, 5) is 16.9. The molecule has 0 saturated carbocycles. The van der Waals surface area contributed by atoms with Crippen LogP contribution in [0.4, 0.5) is 4.39 Å². The van der Waals surface area contributed by atoms with E-state index in [1.165, 1.54) is 23.0 Å². The van der Waals surface area contributed by atoms with E-state index in [4.69, 9.17) is 0 Å². The van der Waals surface area contributed by atoms with Crippen molar-refractivity contribution in [2.45, 2.75) is 13.0 Å². The van der Waals surface area contributed by atoms with Gasteiger partial charge in [0.1, 0.15) is 5.82 Å². The highest BCUT2D eigenvalue weighted by Crippen LogP contribution is 2.19. The quantitative estimate of drug-likeness (QED) is 0.705. The van der Waals surface area contributed by atoms with E-state index in [0.29, 0.717) is 10.9 Å². The van der Waals surface area contributed by atoms with Gasteiger partial charge in [-0.1, -0.05) is 28.1 Å². The van der Waals surface area contributed by atoms with Gasteiger partial charge in [-0.2, -0.15) is 0 Å². The lowest BCUT2D eigenvalue weighted by atomic mass is 10.1. The first-order chi connectivity index (χ1) is 10.1. The molecule has 1 atom stereocenters. The van der Waals surface area contributed by atoms with Crippen LogP contribution in [0.25, 0.3) is 10.9 Å². The number of rotatable bonds is 2. The number of benzene rings is 2. The first-order valence-electron chi connectivity index (χ1n) is 6.48. The Balaban J connectivity index is 2.15. The molecule has 1 aromatic heterocycles. The van der Waals surface area contributed by atoms with Crippen molar-refractivity contribution in [3.63, 3.8) is 0 Å². The fourth-order valence-electron chi connectivity index (χ4n) is 2.31. The molecule has 0 aliphatic heterocycles. The lowest BCUT2D eigenvalue weighted by Crippen LogP contribution is -2.24. The first kappa shape index (κ1) is 13.9. The number of hydrogen-bond donors (Lipinski definition) is 0. The largest absolute Gasteiger partial charge is 0.291 e. The van der Waals surface area contributed by atoms with E-state index in [2.05, 4.69) is 20.9 Å². The average molecular weight is 347 g/mol. The second-order valence-electron chi connectivity index (χ2n) is 4.85. The van der Waals surface area contributed by atoms with E-state index in [0.717, 1.165) is 10.0 Å². The Morgan fingerprint density at radius 3 is 2.81 bits per heavy atom. The highest BCUT2D eigenvalue weighted by molar-refractivity contribution is 9.10. The molecule has 5 heteroatoms. The number of halogens is 2. The van der Waals surface area contributed by atoms with Crippen LogP contribution in [-0.2, 0) is 0 Å². The number of hydrogen-bond acceptors (Lipinski definition) is 2. The topological polar surface area (TPSA) is 34.9 Å². The Bertz CT molecular complexity index is 876. The highest BCUT2D eigenvalue weighted by atomic mass is 79.9. The van der Waals surface area contributed by atoms with E-state index in [9.17, 15) is 9.18 Å². The first-order valence-corrected chi connectivity index (χ1v) is 7.27. The molecule has 3 rings (SSSR count). The van der Waals surface area contributed by atoms with Crippen molar-refractivity contribution < 1.29 is 4.39 Å². The third-order valence-corrected chi connectivity index (χ3v) is 3.99. The zero-order valence-corrected chi connectivity index (χ0v) is 12.8. The van der Waals surface area contributed by atoms with Crippen LogP contribution in [0.5, 0.6) is 0 Å². The molecule has 0 fully saturated rings. The molecule has 0 aliphatic rings. The minimum Gasteiger partial charge on any atom is -0.291 e. The predicted octanol–water partition coefficient (Wildman–Crippen LogP) is 3.91. The molecule has 0 saturated heterocycles. The fraction of sp³-hybridized carbons (Fsp3) is 0.125. The number of fused-ring (bicyclic) bond motifs is 1. The summed E-state index contributed by atoms with van der Waals surface area (Å²) >= 11 is 3.36. The van der Waals surface area contributed by atoms with Crippen molar-refractivity contribution in [3.05, 3.63) is 75.0 Å². The summed E-state index contributed by atoms with van der Waals surface area (Å²) in [5, 5.41) is 0.545. The molecule has 3 nitrogen and oxygen atoms in total. The third-order valence-electron chi connectivity index (χ3n) is 3.49. The lowest BCUT2D eigenvalue weighted by molar-refractivity contribution is 0.590. The second kappa shape index (κ2) is 5.41. The zero-order valence-electron chi connectivity index (χ0n) is 11.3. The Hall–Kier alpha value is -2.01. The van der Waals surface area contributed by atoms with Gasteiger partial charge in [0.25, 0.3) is 5.56 Å². The summed E-state index contributed by atoms with van der Waals surface area (Å²) in [5.41, 5.74) is 1.23. The third kappa shape index (κ3) is 2.61. The number of aromatic nitrogens is 2. The maximum absolute atomic E-state index is 13.3. The molecule has 21 heavy (non-hydrogen) atoms. The van der Waals surface area contributed by atoms with Gasteiger partial charge in [-0.25, -0.2) is 9.37 Å². The number of nitrogens with zero attached hydrogens (tertiary/aromatic N) is 2. The summed E-state index contributed by atoms with van der Waals surface area (Å²) in [6.07, 6.45) is 1.51. The van der Waals surface area contributed by atoms with Crippen LogP contribution >= 0.6 is 15.9 Å². The van der Waals surface area contributed by atoms with Crippen molar-refractivity contribution in [2.75, 3.05) is 0 Å². The Kier molecular flexibility index (Phi) is 3.59. The molecular weight excluding hydrogens is 335 g/mol. The van der Waals surface area contributed by atoms with Gasteiger partial charge in [0.2, 0.25) is 0 Å². The van der Waals surface area contributed by atoms with Crippen molar-refractivity contribution in [1.82, 2.24) is 9.55 Å². The molecule has 0 aliphatic carbocycles. The molecule has 3 aromatic rings. The Morgan fingerprint density at radius 2 is 2.05 bits per heavy atom. The van der Waals surface area contributed by atoms with Gasteiger partial charge < -0.3 is 0 Å². The van der Waals surface area contributed by atoms with Crippen LogP contribution in [0, 0.1) is 5.82 Å². The second-order valence-corrected chi connectivity index (χ2v) is 5.77. The molecule has 1 unspecified atom stereocenters. The average Bonchev–Trinajstić information content (AvgIpc) is 2.47. The molecule has 106 valence electrons. The minimum absolute atomic E-state index is 0.135. The fourth-order valence-corrected chi connectivity index (χ4v) is 2.66. The van der Waals surface area contributed by atoms with Gasteiger partial charge in [-0.05, 0) is 42.8 Å². The SMILES string of the molecule is CC(c1cccc(F)c1)n1cnc2cc(Br)ccc2c1=O. The maximum atomic E-state index is 13.3. The van der Waals surface area contributed by atoms with E-state index in [-0.39, 0.29) is 17.4 Å². The molecule has 1 heterocycles. The molecule has 0 spiro atoms. The minimum atomic E-state index is -0.315. The van der Waals surface area contributed by atoms with Crippen molar-refractivity contribution in [3.8, 4) is 0 Å². The molecule has 0 bridgehead atoms. The van der Waals surface area contributed by atoms with E-state index in [1.54, 1.807) is 24.3 Å². The maximum Gasteiger partial charge on any atom is 0.261 e. The van der Waals surface area contributed by atoms with Crippen LogP contribution in [-0.4, -0.2) is 9.55 Å². The van der Waals surface area contributed by atoms with Crippen molar-refractivity contribution in [2.24, 2.45) is 0 Å². The van der Waals surface area contributed by atoms with Crippen molar-refractivity contribution in [1.29, 1.82) is 0 Å². The predicted molar refractivity (Wildman–Crippen MR) is 83.9 cm³/mol. The molecular formula is C16H12BrFN2O. The summed E-state index contributed by atoms with van der Waals surface area (Å²) in [6, 6.07) is 11.3. The van der Waals surface area contributed by atoms with Crippen molar-refractivity contribution >= 4 is 26.8 Å². The normalized spacial score (nSPS) is 12.5. The summed E-state index contributed by atoms with van der Waals surface area (Å²) in [7, 11) is 0. The molecule has 0 N–H and O–H groups in total. The molecule has 0 radical (unpaired) electrons. The summed E-state index contributed by atoms with van der Waals surface area (Å²) in [5.74, 6) is -0.315.